The van der Waals surface area contributed by atoms with Gasteiger partial charge in [-0.1, -0.05) is 40.9 Å². The maximum atomic E-state index is 12.9. The van der Waals surface area contributed by atoms with Gasteiger partial charge in [-0.2, -0.15) is 0 Å². The molecule has 1 fully saturated rings. The number of aliphatic hydroxyl groups is 2. The van der Waals surface area contributed by atoms with E-state index in [9.17, 15) is 24.9 Å². The number of hydrogen-bond acceptors (Lipinski definition) is 6. The molecular weight excluding hydrogens is 536 g/mol. The molecule has 4 atom stereocenters. The van der Waals surface area contributed by atoms with E-state index in [0.717, 1.165) is 27.7 Å². The van der Waals surface area contributed by atoms with Crippen molar-refractivity contribution in [3.63, 3.8) is 0 Å². The van der Waals surface area contributed by atoms with Gasteiger partial charge in [-0.15, -0.1) is 0 Å². The molecule has 0 unspecified atom stereocenters. The second-order valence-electron chi connectivity index (χ2n) is 9.81. The van der Waals surface area contributed by atoms with Crippen LogP contribution in [-0.4, -0.2) is 56.8 Å². The number of aliphatic hydroxyl groups excluding tert-OH is 2. The highest BCUT2D eigenvalue weighted by Crippen LogP contribution is 2.47. The third-order valence-electron chi connectivity index (χ3n) is 7.51. The topological polar surface area (TPSA) is 111 Å². The van der Waals surface area contributed by atoms with Gasteiger partial charge >= 0.3 is 0 Å². The van der Waals surface area contributed by atoms with Crippen molar-refractivity contribution in [2.24, 2.45) is 17.8 Å². The van der Waals surface area contributed by atoms with E-state index in [1.165, 1.54) is 11.9 Å². The number of phenolic OH excluding ortho intramolecular Hbond substituents is 1. The first-order valence-electron chi connectivity index (χ1n) is 12.7. The molecule has 0 bridgehead atoms. The maximum absolute atomic E-state index is 12.9. The van der Waals surface area contributed by atoms with Crippen LogP contribution in [0, 0.1) is 17.8 Å². The number of amides is 2. The number of benzene rings is 1. The highest BCUT2D eigenvalue weighted by atomic mass is 79.9. The van der Waals surface area contributed by atoms with Crippen molar-refractivity contribution in [1.29, 1.82) is 0 Å². The second-order valence-corrected chi connectivity index (χ2v) is 10.7. The van der Waals surface area contributed by atoms with Gasteiger partial charge in [0, 0.05) is 29.2 Å². The summed E-state index contributed by atoms with van der Waals surface area (Å²) in [4.78, 5) is 31.3. The molecule has 1 aromatic carbocycles. The van der Waals surface area contributed by atoms with E-state index in [2.05, 4.69) is 20.9 Å². The summed E-state index contributed by atoms with van der Waals surface area (Å²) in [6, 6.07) is 10.8. The smallest absolute Gasteiger partial charge is 0.233 e. The highest BCUT2D eigenvalue weighted by Gasteiger charge is 2.53. The van der Waals surface area contributed by atoms with Crippen molar-refractivity contribution in [2.75, 3.05) is 13.7 Å². The highest BCUT2D eigenvalue weighted by molar-refractivity contribution is 9.10. The molecule has 0 saturated carbocycles. The van der Waals surface area contributed by atoms with Gasteiger partial charge in [0.2, 0.25) is 11.8 Å². The molecule has 2 aromatic rings. The minimum absolute atomic E-state index is 0.136. The Morgan fingerprint density at radius 3 is 2.70 bits per heavy atom. The summed E-state index contributed by atoms with van der Waals surface area (Å²) >= 11 is 3.45. The summed E-state index contributed by atoms with van der Waals surface area (Å²) in [5, 5.41) is 32.2. The number of hydrogen-bond donors (Lipinski definition) is 3. The van der Waals surface area contributed by atoms with Gasteiger partial charge in [0.05, 0.1) is 30.2 Å². The monoisotopic (exact) mass is 568 g/mol. The summed E-state index contributed by atoms with van der Waals surface area (Å²) in [7, 11) is 1.49. The molecule has 8 heteroatoms. The van der Waals surface area contributed by atoms with E-state index in [1.807, 2.05) is 37.3 Å². The van der Waals surface area contributed by atoms with E-state index in [0.29, 0.717) is 36.8 Å². The van der Waals surface area contributed by atoms with Crippen molar-refractivity contribution in [1.82, 2.24) is 9.88 Å². The Hall–Kier alpha value is -2.81. The number of rotatable bonds is 9. The van der Waals surface area contributed by atoms with Gasteiger partial charge in [-0.25, -0.2) is 0 Å². The first-order chi connectivity index (χ1) is 17.8. The van der Waals surface area contributed by atoms with Crippen LogP contribution in [0.5, 0.6) is 5.75 Å². The number of imide groups is 1. The Bertz CT molecular complexity index is 1230. The van der Waals surface area contributed by atoms with E-state index in [4.69, 9.17) is 0 Å². The van der Waals surface area contributed by atoms with E-state index in [-0.39, 0.29) is 24.2 Å². The number of fused-ring (bicyclic) bond motifs is 1. The first-order valence-corrected chi connectivity index (χ1v) is 13.5. The molecule has 37 heavy (non-hydrogen) atoms. The van der Waals surface area contributed by atoms with Crippen LogP contribution >= 0.6 is 15.9 Å². The van der Waals surface area contributed by atoms with Crippen LogP contribution in [0.1, 0.15) is 50.3 Å². The number of aromatic hydroxyl groups is 1. The molecule has 1 aliphatic heterocycles. The number of pyridine rings is 1. The SMILES string of the molecule is CCCC1=C([C@H](O)CC/C(=C/c2cc(Br)ccc2O)c2ccccn2)[C@H](CO)[C@@H]2C(=O)N(C)C(=O)[C@@H]2C1. The van der Waals surface area contributed by atoms with Crippen LogP contribution < -0.4 is 0 Å². The van der Waals surface area contributed by atoms with Crippen molar-refractivity contribution in [3.05, 3.63) is 69.5 Å². The van der Waals surface area contributed by atoms with Gasteiger partial charge in [0.1, 0.15) is 5.75 Å². The third kappa shape index (κ3) is 5.56. The molecular formula is C29H33BrN2O5. The lowest BCUT2D eigenvalue weighted by atomic mass is 9.67. The second kappa shape index (κ2) is 11.7. The van der Waals surface area contributed by atoms with Crippen LogP contribution in [0.25, 0.3) is 11.6 Å². The normalized spacial score (nSPS) is 23.0. The summed E-state index contributed by atoms with van der Waals surface area (Å²) in [6.07, 6.45) is 5.43. The summed E-state index contributed by atoms with van der Waals surface area (Å²) in [5.74, 6) is -2.06. The van der Waals surface area contributed by atoms with Gasteiger partial charge in [-0.3, -0.25) is 19.5 Å². The third-order valence-corrected chi connectivity index (χ3v) is 8.01. The largest absolute Gasteiger partial charge is 0.507 e. The lowest BCUT2D eigenvalue weighted by molar-refractivity contribution is -0.138. The number of allylic oxidation sites excluding steroid dienone is 2. The number of nitrogens with zero attached hydrogens (tertiary/aromatic N) is 2. The fraction of sp³-hybridized carbons (Fsp3) is 0.414. The molecule has 1 aromatic heterocycles. The standard InChI is InChI=1S/C29H33BrN2O5/c1-3-6-18-15-21-27(29(37)32(2)28(21)36)22(16-33)26(18)25(35)10-8-17(23-7-4-5-12-31-23)13-19-14-20(30)9-11-24(19)34/h4-5,7,9,11-14,21-22,25,27,33-35H,3,6,8,10,15-16H2,1-2H3/b17-13-/t21-,22+,25-,27-/m1/s1. The van der Waals surface area contributed by atoms with E-state index in [1.54, 1.807) is 18.3 Å². The summed E-state index contributed by atoms with van der Waals surface area (Å²) < 4.78 is 0.828. The first kappa shape index (κ1) is 27.2. The van der Waals surface area contributed by atoms with Crippen molar-refractivity contribution in [2.45, 2.75) is 45.1 Å². The average Bonchev–Trinajstić information content (AvgIpc) is 3.11. The molecule has 4 rings (SSSR count). The van der Waals surface area contributed by atoms with Crippen molar-refractivity contribution in [3.8, 4) is 5.75 Å². The molecule has 3 N–H and O–H groups in total. The van der Waals surface area contributed by atoms with Crippen LogP contribution in [0.3, 0.4) is 0 Å². The van der Waals surface area contributed by atoms with Gasteiger partial charge in [0.25, 0.3) is 0 Å². The minimum atomic E-state index is -0.892. The van der Waals surface area contributed by atoms with Gasteiger partial charge < -0.3 is 15.3 Å². The predicted molar refractivity (Wildman–Crippen MR) is 145 cm³/mol. The van der Waals surface area contributed by atoms with Crippen molar-refractivity contribution < 1.29 is 24.9 Å². The Kier molecular flexibility index (Phi) is 8.62. The lowest BCUT2D eigenvalue weighted by Crippen LogP contribution is -2.39. The quantitative estimate of drug-likeness (QED) is 0.302. The number of phenols is 1. The molecule has 2 heterocycles. The molecule has 0 spiro atoms. The van der Waals surface area contributed by atoms with Crippen LogP contribution in [0.4, 0.5) is 0 Å². The van der Waals surface area contributed by atoms with E-state index >= 15 is 0 Å². The molecule has 0 radical (unpaired) electrons. The molecule has 1 aliphatic carbocycles. The number of likely N-dealkylation sites (tertiary alicyclic amines) is 1. The fourth-order valence-electron chi connectivity index (χ4n) is 5.76. The fourth-order valence-corrected chi connectivity index (χ4v) is 6.14. The number of halogens is 1. The Balaban J connectivity index is 1.66. The maximum Gasteiger partial charge on any atom is 0.233 e. The van der Waals surface area contributed by atoms with E-state index < -0.39 is 23.9 Å². The molecule has 7 nitrogen and oxygen atoms in total. The Morgan fingerprint density at radius 1 is 1.24 bits per heavy atom. The lowest BCUT2D eigenvalue weighted by Gasteiger charge is -2.36. The number of aromatic nitrogens is 1. The van der Waals surface area contributed by atoms with Crippen LogP contribution in [0.15, 0.2) is 58.2 Å². The predicted octanol–water partition coefficient (Wildman–Crippen LogP) is 4.57. The number of carbonyl (C=O) groups excluding carboxylic acids is 2. The van der Waals surface area contributed by atoms with Crippen LogP contribution in [-0.2, 0) is 9.59 Å². The zero-order valence-electron chi connectivity index (χ0n) is 21.1. The molecule has 2 aliphatic rings. The molecule has 1 saturated heterocycles. The Labute approximate surface area is 225 Å². The summed E-state index contributed by atoms with van der Waals surface area (Å²) in [6.45, 7) is 1.74. The molecule has 2 amide bonds. The Morgan fingerprint density at radius 2 is 2.03 bits per heavy atom. The van der Waals surface area contributed by atoms with Crippen molar-refractivity contribution >= 4 is 39.4 Å². The number of carbonyl (C=O) groups is 2. The zero-order chi connectivity index (χ0) is 26.7. The van der Waals surface area contributed by atoms with Gasteiger partial charge in [0.15, 0.2) is 0 Å². The van der Waals surface area contributed by atoms with Crippen LogP contribution in [0.2, 0.25) is 0 Å². The summed E-state index contributed by atoms with van der Waals surface area (Å²) in [5.41, 5.74) is 3.87. The zero-order valence-corrected chi connectivity index (χ0v) is 22.7. The minimum Gasteiger partial charge on any atom is -0.507 e. The molecule has 196 valence electrons. The average molecular weight is 569 g/mol. The van der Waals surface area contributed by atoms with Gasteiger partial charge in [-0.05, 0) is 73.2 Å².